The van der Waals surface area contributed by atoms with Crippen LogP contribution in [0.5, 0.6) is 0 Å². The molecule has 0 aromatic heterocycles. The Morgan fingerprint density at radius 1 is 1.47 bits per heavy atom. The van der Waals surface area contributed by atoms with Crippen molar-refractivity contribution < 1.29 is 19.1 Å². The minimum Gasteiger partial charge on any atom is -0.462 e. The SMILES string of the molecule is CCCOC(=O)/C(Br)=C\OC(=O)C1CC1. The zero-order chi connectivity index (χ0) is 11.3. The molecule has 1 aliphatic rings. The summed E-state index contributed by atoms with van der Waals surface area (Å²) in [6.45, 7) is 2.26. The van der Waals surface area contributed by atoms with Crippen molar-refractivity contribution in [3.63, 3.8) is 0 Å². The van der Waals surface area contributed by atoms with E-state index in [0.717, 1.165) is 25.5 Å². The average Bonchev–Trinajstić information content (AvgIpc) is 3.05. The second kappa shape index (κ2) is 5.90. The number of carbonyl (C=O) groups is 2. The van der Waals surface area contributed by atoms with Crippen molar-refractivity contribution >= 4 is 27.9 Å². The minimum atomic E-state index is -0.513. The van der Waals surface area contributed by atoms with E-state index in [2.05, 4.69) is 15.9 Å². The van der Waals surface area contributed by atoms with Crippen LogP contribution < -0.4 is 0 Å². The molecule has 1 aliphatic carbocycles. The molecular formula is C10H13BrO4. The summed E-state index contributed by atoms with van der Waals surface area (Å²) in [6.07, 6.45) is 3.61. The second-order valence-electron chi connectivity index (χ2n) is 3.31. The van der Waals surface area contributed by atoms with Crippen molar-refractivity contribution in [3.05, 3.63) is 10.7 Å². The highest BCUT2D eigenvalue weighted by molar-refractivity contribution is 9.12. The fourth-order valence-corrected chi connectivity index (χ4v) is 1.04. The molecule has 0 amide bonds. The maximum atomic E-state index is 11.2. The van der Waals surface area contributed by atoms with E-state index in [9.17, 15) is 9.59 Å². The van der Waals surface area contributed by atoms with Gasteiger partial charge in [-0.2, -0.15) is 0 Å². The lowest BCUT2D eigenvalue weighted by Gasteiger charge is -2.01. The van der Waals surface area contributed by atoms with E-state index in [0.29, 0.717) is 6.61 Å². The van der Waals surface area contributed by atoms with Crippen LogP contribution in [-0.4, -0.2) is 18.5 Å². The number of hydrogen-bond donors (Lipinski definition) is 0. The third-order valence-electron chi connectivity index (χ3n) is 1.82. The van der Waals surface area contributed by atoms with E-state index in [-0.39, 0.29) is 16.4 Å². The first-order chi connectivity index (χ1) is 7.15. The number of rotatable bonds is 5. The molecule has 0 bridgehead atoms. The fraction of sp³-hybridized carbons (Fsp3) is 0.600. The monoisotopic (exact) mass is 276 g/mol. The number of esters is 2. The molecule has 0 aromatic carbocycles. The molecule has 1 saturated carbocycles. The van der Waals surface area contributed by atoms with E-state index in [1.165, 1.54) is 0 Å². The van der Waals surface area contributed by atoms with Crippen molar-refractivity contribution in [3.8, 4) is 0 Å². The van der Waals surface area contributed by atoms with Crippen LogP contribution in [-0.2, 0) is 19.1 Å². The number of hydrogen-bond acceptors (Lipinski definition) is 4. The van der Waals surface area contributed by atoms with Gasteiger partial charge in [0.2, 0.25) is 0 Å². The van der Waals surface area contributed by atoms with Gasteiger partial charge in [0.15, 0.2) is 0 Å². The van der Waals surface area contributed by atoms with Crippen LogP contribution in [0.2, 0.25) is 0 Å². The summed E-state index contributed by atoms with van der Waals surface area (Å²) in [5.74, 6) is -0.774. The van der Waals surface area contributed by atoms with Gasteiger partial charge in [0.05, 0.1) is 12.5 Å². The highest BCUT2D eigenvalue weighted by Crippen LogP contribution is 2.30. The first-order valence-corrected chi connectivity index (χ1v) is 5.67. The fourth-order valence-electron chi connectivity index (χ4n) is 0.837. The third-order valence-corrected chi connectivity index (χ3v) is 2.33. The van der Waals surface area contributed by atoms with Gasteiger partial charge >= 0.3 is 11.9 Å². The molecule has 0 aromatic rings. The molecule has 0 N–H and O–H groups in total. The summed E-state index contributed by atoms with van der Waals surface area (Å²) in [4.78, 5) is 22.3. The molecule has 0 spiro atoms. The molecular weight excluding hydrogens is 264 g/mol. The Morgan fingerprint density at radius 2 is 2.13 bits per heavy atom. The molecule has 1 fully saturated rings. The van der Waals surface area contributed by atoms with E-state index < -0.39 is 5.97 Å². The molecule has 0 saturated heterocycles. The Bertz CT molecular complexity index is 281. The highest BCUT2D eigenvalue weighted by Gasteiger charge is 2.31. The molecule has 0 radical (unpaired) electrons. The van der Waals surface area contributed by atoms with Crippen molar-refractivity contribution in [1.82, 2.24) is 0 Å². The number of halogens is 1. The zero-order valence-corrected chi connectivity index (χ0v) is 10.1. The maximum Gasteiger partial charge on any atom is 0.348 e. The second-order valence-corrected chi connectivity index (χ2v) is 4.17. The van der Waals surface area contributed by atoms with E-state index in [4.69, 9.17) is 9.47 Å². The lowest BCUT2D eigenvalue weighted by molar-refractivity contribution is -0.140. The molecule has 0 unspecified atom stereocenters. The Kier molecular flexibility index (Phi) is 4.81. The Balaban J connectivity index is 2.30. The third kappa shape index (κ3) is 4.46. The standard InChI is InChI=1S/C10H13BrO4/c1-2-5-14-10(13)8(11)6-15-9(12)7-3-4-7/h6-7H,2-5H2,1H3/b8-6+. The Labute approximate surface area is 96.7 Å². The van der Waals surface area contributed by atoms with Gasteiger partial charge < -0.3 is 9.47 Å². The normalized spacial score (nSPS) is 16.0. The average molecular weight is 277 g/mol. The van der Waals surface area contributed by atoms with Gasteiger partial charge in [-0.05, 0) is 35.2 Å². The Hall–Kier alpha value is -0.840. The lowest BCUT2D eigenvalue weighted by Crippen LogP contribution is -2.07. The molecule has 4 nitrogen and oxygen atoms in total. The first kappa shape index (κ1) is 12.2. The summed E-state index contributed by atoms with van der Waals surface area (Å²) in [6, 6.07) is 0. The molecule has 0 aliphatic heterocycles. The topological polar surface area (TPSA) is 52.6 Å². The first-order valence-electron chi connectivity index (χ1n) is 4.88. The molecule has 84 valence electrons. The van der Waals surface area contributed by atoms with Crippen molar-refractivity contribution in [2.24, 2.45) is 5.92 Å². The number of ether oxygens (including phenoxy) is 2. The van der Waals surface area contributed by atoms with Crippen molar-refractivity contribution in [2.75, 3.05) is 6.61 Å². The van der Waals surface area contributed by atoms with Gasteiger partial charge in [-0.1, -0.05) is 6.92 Å². The van der Waals surface area contributed by atoms with Crippen LogP contribution >= 0.6 is 15.9 Å². The van der Waals surface area contributed by atoms with E-state index >= 15 is 0 Å². The summed E-state index contributed by atoms with van der Waals surface area (Å²) >= 11 is 2.98. The van der Waals surface area contributed by atoms with Gasteiger partial charge in [0.25, 0.3) is 0 Å². The van der Waals surface area contributed by atoms with Gasteiger partial charge in [-0.3, -0.25) is 4.79 Å². The predicted molar refractivity (Wildman–Crippen MR) is 57.1 cm³/mol. The smallest absolute Gasteiger partial charge is 0.348 e. The summed E-state index contributed by atoms with van der Waals surface area (Å²) in [7, 11) is 0. The van der Waals surface area contributed by atoms with Crippen LogP contribution in [0.15, 0.2) is 10.7 Å². The van der Waals surface area contributed by atoms with Crippen molar-refractivity contribution in [1.29, 1.82) is 0 Å². The highest BCUT2D eigenvalue weighted by atomic mass is 79.9. The van der Waals surface area contributed by atoms with Crippen LogP contribution in [0.3, 0.4) is 0 Å². The van der Waals surface area contributed by atoms with Crippen LogP contribution in [0.25, 0.3) is 0 Å². The van der Waals surface area contributed by atoms with Crippen LogP contribution in [0.4, 0.5) is 0 Å². The van der Waals surface area contributed by atoms with Crippen LogP contribution in [0, 0.1) is 5.92 Å². The molecule has 0 heterocycles. The molecule has 1 rings (SSSR count). The number of carbonyl (C=O) groups excluding carboxylic acids is 2. The molecule has 5 heteroatoms. The summed E-state index contributed by atoms with van der Waals surface area (Å²) in [5.41, 5.74) is 0. The van der Waals surface area contributed by atoms with Crippen molar-refractivity contribution in [2.45, 2.75) is 26.2 Å². The zero-order valence-electron chi connectivity index (χ0n) is 8.49. The summed E-state index contributed by atoms with van der Waals surface area (Å²) < 4.78 is 9.73. The minimum absolute atomic E-state index is 0.0215. The predicted octanol–water partition coefficient (Wildman–Crippen LogP) is 2.13. The molecule has 0 atom stereocenters. The van der Waals surface area contributed by atoms with Gasteiger partial charge in [0, 0.05) is 0 Å². The quantitative estimate of drug-likeness (QED) is 0.439. The van der Waals surface area contributed by atoms with E-state index in [1.807, 2.05) is 6.92 Å². The van der Waals surface area contributed by atoms with Gasteiger partial charge in [-0.25, -0.2) is 4.79 Å². The summed E-state index contributed by atoms with van der Waals surface area (Å²) in [5, 5.41) is 0. The lowest BCUT2D eigenvalue weighted by atomic mass is 10.4. The maximum absolute atomic E-state index is 11.2. The molecule has 15 heavy (non-hydrogen) atoms. The van der Waals surface area contributed by atoms with E-state index in [1.54, 1.807) is 0 Å². The van der Waals surface area contributed by atoms with Gasteiger partial charge in [0.1, 0.15) is 10.7 Å². The Morgan fingerprint density at radius 3 is 2.67 bits per heavy atom. The van der Waals surface area contributed by atoms with Crippen LogP contribution in [0.1, 0.15) is 26.2 Å². The van der Waals surface area contributed by atoms with Gasteiger partial charge in [-0.15, -0.1) is 0 Å². The largest absolute Gasteiger partial charge is 0.462 e.